The van der Waals surface area contributed by atoms with Crippen LogP contribution in [0.5, 0.6) is 5.75 Å². The number of halogens is 3. The predicted molar refractivity (Wildman–Crippen MR) is 84.5 cm³/mol. The van der Waals surface area contributed by atoms with Crippen molar-refractivity contribution in [1.82, 2.24) is 9.88 Å². The third-order valence-corrected chi connectivity index (χ3v) is 4.49. The number of carbonyl (C=O) groups is 2. The molecule has 0 spiro atoms. The Hall–Kier alpha value is -2.51. The van der Waals surface area contributed by atoms with Crippen molar-refractivity contribution in [3.8, 4) is 5.75 Å². The van der Waals surface area contributed by atoms with Gasteiger partial charge in [-0.2, -0.15) is 13.2 Å². The highest BCUT2D eigenvalue weighted by atomic mass is 19.4. The van der Waals surface area contributed by atoms with Gasteiger partial charge in [0.15, 0.2) is 5.78 Å². The number of piperidine rings is 1. The summed E-state index contributed by atoms with van der Waals surface area (Å²) in [5.41, 5.74) is 1.18. The highest BCUT2D eigenvalue weighted by molar-refractivity contribution is 6.01. The number of hydrogen-bond acceptors (Lipinski definition) is 3. The van der Waals surface area contributed by atoms with Crippen molar-refractivity contribution in [3.05, 3.63) is 30.0 Å². The topological polar surface area (TPSA) is 62.4 Å². The number of aromatic nitrogens is 1. The number of amides is 1. The fraction of sp³-hybridized carbons (Fsp3) is 0.412. The van der Waals surface area contributed by atoms with Crippen molar-refractivity contribution >= 4 is 22.6 Å². The number of hydrogen-bond donors (Lipinski definition) is 1. The number of Topliss-reactive ketones (excluding diaryl/α,β-unsaturated/α-hetero) is 1. The van der Waals surface area contributed by atoms with Crippen LogP contribution in [0.4, 0.5) is 13.2 Å². The van der Waals surface area contributed by atoms with Crippen molar-refractivity contribution in [2.45, 2.75) is 19.0 Å². The third kappa shape index (κ3) is 3.47. The number of aromatic amines is 1. The van der Waals surface area contributed by atoms with Gasteiger partial charge in [-0.15, -0.1) is 0 Å². The van der Waals surface area contributed by atoms with Gasteiger partial charge >= 0.3 is 12.1 Å². The smallest absolute Gasteiger partial charge is 0.471 e. The number of ether oxygens (including phenoxy) is 1. The summed E-state index contributed by atoms with van der Waals surface area (Å²) in [5, 5.41) is 0.855. The van der Waals surface area contributed by atoms with Crippen LogP contribution < -0.4 is 4.74 Å². The number of nitrogens with one attached hydrogen (secondary N) is 1. The quantitative estimate of drug-likeness (QED) is 0.862. The van der Waals surface area contributed by atoms with Crippen LogP contribution in [0.15, 0.2) is 24.3 Å². The second kappa shape index (κ2) is 6.42. The Morgan fingerprint density at radius 2 is 1.88 bits per heavy atom. The Bertz CT molecular complexity index is 805. The molecule has 2 heterocycles. The highest BCUT2D eigenvalue weighted by Crippen LogP contribution is 2.27. The number of H-pyrrole nitrogens is 1. The van der Waals surface area contributed by atoms with Gasteiger partial charge in [0.05, 0.1) is 12.8 Å². The van der Waals surface area contributed by atoms with Gasteiger partial charge < -0.3 is 14.6 Å². The number of nitrogens with zero attached hydrogens (tertiary/aromatic N) is 1. The summed E-state index contributed by atoms with van der Waals surface area (Å²) in [6.45, 7) is -0.133. The fourth-order valence-corrected chi connectivity index (χ4v) is 3.11. The number of ketones is 1. The van der Waals surface area contributed by atoms with Gasteiger partial charge in [-0.1, -0.05) is 0 Å². The summed E-state index contributed by atoms with van der Waals surface area (Å²) in [4.78, 5) is 27.7. The van der Waals surface area contributed by atoms with E-state index in [0.29, 0.717) is 11.4 Å². The first-order chi connectivity index (χ1) is 11.8. The van der Waals surface area contributed by atoms with Crippen molar-refractivity contribution in [2.75, 3.05) is 20.2 Å². The highest BCUT2D eigenvalue weighted by Gasteiger charge is 2.43. The zero-order chi connectivity index (χ0) is 18.2. The molecule has 0 aliphatic carbocycles. The average molecular weight is 354 g/mol. The number of fused-ring (bicyclic) bond motifs is 1. The number of carbonyl (C=O) groups excluding carboxylic acids is 2. The van der Waals surface area contributed by atoms with E-state index in [0.717, 1.165) is 15.8 Å². The van der Waals surface area contributed by atoms with Gasteiger partial charge in [0.25, 0.3) is 0 Å². The van der Waals surface area contributed by atoms with E-state index in [4.69, 9.17) is 4.74 Å². The lowest BCUT2D eigenvalue weighted by atomic mass is 9.91. The summed E-state index contributed by atoms with van der Waals surface area (Å²) in [6, 6.07) is 7.11. The van der Waals surface area contributed by atoms with Crippen molar-refractivity contribution in [3.63, 3.8) is 0 Å². The van der Waals surface area contributed by atoms with E-state index in [-0.39, 0.29) is 31.7 Å². The van der Waals surface area contributed by atoms with E-state index in [1.807, 2.05) is 6.07 Å². The first-order valence-corrected chi connectivity index (χ1v) is 7.86. The molecule has 1 aliphatic rings. The van der Waals surface area contributed by atoms with Crippen LogP contribution in [0, 0.1) is 5.92 Å². The summed E-state index contributed by atoms with van der Waals surface area (Å²) in [7, 11) is 1.55. The molecule has 0 radical (unpaired) electrons. The Balaban J connectivity index is 1.69. The van der Waals surface area contributed by atoms with Crippen LogP contribution >= 0.6 is 0 Å². The zero-order valence-electron chi connectivity index (χ0n) is 13.5. The van der Waals surface area contributed by atoms with Gasteiger partial charge in [0.2, 0.25) is 0 Å². The maximum absolute atomic E-state index is 12.6. The largest absolute Gasteiger partial charge is 0.497 e. The molecular formula is C17H17F3N2O3. The molecule has 3 rings (SSSR count). The lowest BCUT2D eigenvalue weighted by molar-refractivity contribution is -0.186. The minimum atomic E-state index is -4.87. The van der Waals surface area contributed by atoms with E-state index in [1.54, 1.807) is 25.3 Å². The fourth-order valence-electron chi connectivity index (χ4n) is 3.11. The Morgan fingerprint density at radius 1 is 1.20 bits per heavy atom. The molecule has 5 nitrogen and oxygen atoms in total. The number of benzene rings is 1. The molecule has 1 aliphatic heterocycles. The Labute approximate surface area is 141 Å². The maximum Gasteiger partial charge on any atom is 0.471 e. The van der Waals surface area contributed by atoms with Crippen LogP contribution in [0.1, 0.15) is 23.3 Å². The number of likely N-dealkylation sites (tertiary alicyclic amines) is 1. The van der Waals surface area contributed by atoms with Crippen LogP contribution in [0.25, 0.3) is 10.9 Å². The van der Waals surface area contributed by atoms with Crippen molar-refractivity contribution in [2.24, 2.45) is 5.92 Å². The van der Waals surface area contributed by atoms with Crippen LogP contribution in [0.2, 0.25) is 0 Å². The molecule has 8 heteroatoms. The molecule has 0 unspecified atom stereocenters. The van der Waals surface area contributed by atoms with E-state index in [2.05, 4.69) is 4.98 Å². The average Bonchev–Trinajstić information content (AvgIpc) is 3.02. The maximum atomic E-state index is 12.6. The number of alkyl halides is 3. The molecule has 0 saturated carbocycles. The zero-order valence-corrected chi connectivity index (χ0v) is 13.5. The monoisotopic (exact) mass is 354 g/mol. The van der Waals surface area contributed by atoms with Gasteiger partial charge in [0.1, 0.15) is 5.75 Å². The van der Waals surface area contributed by atoms with E-state index >= 15 is 0 Å². The molecule has 0 atom stereocenters. The Kier molecular flexibility index (Phi) is 4.45. The van der Waals surface area contributed by atoms with Gasteiger partial charge in [-0.3, -0.25) is 9.59 Å². The molecule has 2 aromatic rings. The molecule has 1 fully saturated rings. The Morgan fingerprint density at radius 3 is 2.48 bits per heavy atom. The summed E-state index contributed by atoms with van der Waals surface area (Å²) >= 11 is 0. The minimum absolute atomic E-state index is 0.0667. The van der Waals surface area contributed by atoms with Gasteiger partial charge in [-0.05, 0) is 31.0 Å². The standard InChI is InChI=1S/C17H17F3N2O3/c1-25-12-3-2-11-8-14(21-13(11)9-12)15(23)10-4-6-22(7-5-10)16(24)17(18,19)20/h2-3,8-10,21H,4-7H2,1H3. The molecule has 1 aromatic heterocycles. The summed E-state index contributed by atoms with van der Waals surface area (Å²) in [5.74, 6) is -1.72. The third-order valence-electron chi connectivity index (χ3n) is 4.49. The van der Waals surface area contributed by atoms with Crippen LogP contribution in [-0.4, -0.2) is 47.9 Å². The lowest BCUT2D eigenvalue weighted by Crippen LogP contribution is -2.46. The van der Waals surface area contributed by atoms with Crippen molar-refractivity contribution < 1.29 is 27.5 Å². The first kappa shape index (κ1) is 17.3. The van der Waals surface area contributed by atoms with E-state index < -0.39 is 18.0 Å². The molecule has 134 valence electrons. The van der Waals surface area contributed by atoms with Gasteiger partial charge in [-0.25, -0.2) is 0 Å². The van der Waals surface area contributed by atoms with Crippen LogP contribution in [0.3, 0.4) is 0 Å². The predicted octanol–water partition coefficient (Wildman–Crippen LogP) is 3.16. The summed E-state index contributed by atoms with van der Waals surface area (Å²) < 4.78 is 42.5. The molecule has 1 aromatic carbocycles. The van der Waals surface area contributed by atoms with Crippen LogP contribution in [-0.2, 0) is 4.79 Å². The van der Waals surface area contributed by atoms with Gasteiger partial charge in [0, 0.05) is 36.0 Å². The lowest BCUT2D eigenvalue weighted by Gasteiger charge is -2.31. The van der Waals surface area contributed by atoms with E-state index in [1.165, 1.54) is 0 Å². The second-order valence-electron chi connectivity index (χ2n) is 6.06. The molecule has 0 bridgehead atoms. The minimum Gasteiger partial charge on any atom is -0.497 e. The molecule has 1 N–H and O–H groups in total. The molecule has 1 amide bonds. The first-order valence-electron chi connectivity index (χ1n) is 7.86. The molecule has 1 saturated heterocycles. The molecule has 25 heavy (non-hydrogen) atoms. The molecular weight excluding hydrogens is 337 g/mol. The second-order valence-corrected chi connectivity index (χ2v) is 6.06. The summed E-state index contributed by atoms with van der Waals surface area (Å²) in [6.07, 6.45) is -4.42. The van der Waals surface area contributed by atoms with Crippen molar-refractivity contribution in [1.29, 1.82) is 0 Å². The normalized spacial score (nSPS) is 16.2. The SMILES string of the molecule is COc1ccc2cc(C(=O)C3CCN(C(=O)C(F)(F)F)CC3)[nH]c2c1. The van der Waals surface area contributed by atoms with E-state index in [9.17, 15) is 22.8 Å². The number of methoxy groups -OCH3 is 1. The number of rotatable bonds is 3.